The molecule has 238 valence electrons. The Hall–Kier alpha value is -4.52. The molecule has 0 aliphatic carbocycles. The topological polar surface area (TPSA) is 35.0 Å². The maximum atomic E-state index is 15.1. The van der Waals surface area contributed by atoms with Gasteiger partial charge in [-0.15, -0.1) is 11.8 Å². The first-order chi connectivity index (χ1) is 21.9. The van der Waals surface area contributed by atoms with E-state index in [2.05, 4.69) is 21.6 Å². The lowest BCUT2D eigenvalue weighted by Gasteiger charge is -2.20. The van der Waals surface area contributed by atoms with E-state index in [0.29, 0.717) is 30.3 Å². The Balaban J connectivity index is 1.36. The summed E-state index contributed by atoms with van der Waals surface area (Å²) in [6, 6.07) is 7.59. The Morgan fingerprint density at radius 3 is 1.72 bits per heavy atom. The number of unbranched alkanes of at least 4 members (excludes halogenated alkanes) is 1. The standard InChI is InChI=1S/C33H21F9N2OS/c1-2-3-8-46-21-15-43-32(44-16-21)17-4-6-22(24(34)9-17)18-10-26(36)30(27(37)11-18)33(41,42)45-20-5-7-23(25(35)14-20)19-12-28(38)31(40)29(39)13-19/h4-7,9-16H,2-3,8H2,1H3. The average Bonchev–Trinajstić information content (AvgIpc) is 2.99. The SMILES string of the molecule is CCCCSc1cnc(-c2ccc(-c3cc(F)c(C(F)(F)Oc4ccc(-c5cc(F)c(F)c(F)c5)c(F)c4)c(F)c3)c(F)c2)nc1. The summed E-state index contributed by atoms with van der Waals surface area (Å²) in [5, 5.41) is 0. The fraction of sp³-hybridized carbons (Fsp3) is 0.152. The van der Waals surface area contributed by atoms with Crippen molar-refractivity contribution in [1.82, 2.24) is 9.97 Å². The van der Waals surface area contributed by atoms with Crippen LogP contribution >= 0.6 is 11.8 Å². The van der Waals surface area contributed by atoms with Crippen molar-refractivity contribution in [1.29, 1.82) is 0 Å². The number of benzene rings is 4. The first kappa shape index (κ1) is 32.9. The first-order valence-corrected chi connectivity index (χ1v) is 14.6. The minimum Gasteiger partial charge on any atom is -0.429 e. The van der Waals surface area contributed by atoms with E-state index in [-0.39, 0.29) is 17.0 Å². The summed E-state index contributed by atoms with van der Waals surface area (Å²) < 4.78 is 134. The summed E-state index contributed by atoms with van der Waals surface area (Å²) in [5.74, 6) is -10.6. The van der Waals surface area contributed by atoms with Crippen LogP contribution in [-0.4, -0.2) is 15.7 Å². The highest BCUT2D eigenvalue weighted by molar-refractivity contribution is 7.99. The molecule has 13 heteroatoms. The molecule has 0 spiro atoms. The minimum atomic E-state index is -4.69. The van der Waals surface area contributed by atoms with Gasteiger partial charge in [0.25, 0.3) is 0 Å². The van der Waals surface area contributed by atoms with Crippen LogP contribution in [-0.2, 0) is 6.11 Å². The van der Waals surface area contributed by atoms with E-state index in [1.165, 1.54) is 12.1 Å². The molecule has 0 aliphatic heterocycles. The van der Waals surface area contributed by atoms with Gasteiger partial charge >= 0.3 is 6.11 Å². The van der Waals surface area contributed by atoms with Crippen LogP contribution in [0.25, 0.3) is 33.6 Å². The molecule has 0 saturated carbocycles. The molecule has 0 atom stereocenters. The number of alkyl halides is 2. The Kier molecular flexibility index (Phi) is 9.61. The van der Waals surface area contributed by atoms with Crippen LogP contribution in [0, 0.1) is 40.7 Å². The predicted octanol–water partition coefficient (Wildman–Crippen LogP) is 10.5. The molecule has 4 aromatic carbocycles. The van der Waals surface area contributed by atoms with Crippen LogP contribution in [0.4, 0.5) is 39.5 Å². The number of ether oxygens (including phenoxy) is 1. The van der Waals surface area contributed by atoms with Gasteiger partial charge in [0.2, 0.25) is 0 Å². The third kappa shape index (κ3) is 6.99. The van der Waals surface area contributed by atoms with E-state index in [9.17, 15) is 35.1 Å². The highest BCUT2D eigenvalue weighted by Crippen LogP contribution is 2.39. The van der Waals surface area contributed by atoms with E-state index >= 15 is 4.39 Å². The van der Waals surface area contributed by atoms with E-state index in [4.69, 9.17) is 0 Å². The molecule has 5 rings (SSSR count). The van der Waals surface area contributed by atoms with Gasteiger partial charge in [-0.25, -0.2) is 40.7 Å². The van der Waals surface area contributed by atoms with Crippen LogP contribution in [0.2, 0.25) is 0 Å². The third-order valence-electron chi connectivity index (χ3n) is 6.75. The molecule has 0 amide bonds. The van der Waals surface area contributed by atoms with E-state index in [0.717, 1.165) is 41.7 Å². The third-order valence-corrected chi connectivity index (χ3v) is 7.78. The molecule has 0 aliphatic rings. The summed E-state index contributed by atoms with van der Waals surface area (Å²) in [6.07, 6.45) is 0.563. The smallest absolute Gasteiger partial charge is 0.429 e. The molecule has 0 unspecified atom stereocenters. The van der Waals surface area contributed by atoms with Crippen molar-refractivity contribution in [2.75, 3.05) is 5.75 Å². The van der Waals surface area contributed by atoms with Crippen molar-refractivity contribution in [3.05, 3.63) is 119 Å². The van der Waals surface area contributed by atoms with Gasteiger partial charge in [0.15, 0.2) is 23.3 Å². The zero-order valence-corrected chi connectivity index (χ0v) is 24.5. The van der Waals surface area contributed by atoms with Gasteiger partial charge in [-0.05, 0) is 65.8 Å². The molecule has 46 heavy (non-hydrogen) atoms. The van der Waals surface area contributed by atoms with E-state index < -0.39 is 74.8 Å². The molecule has 1 heterocycles. The van der Waals surface area contributed by atoms with Crippen molar-refractivity contribution >= 4 is 11.8 Å². The number of halogens is 9. The largest absolute Gasteiger partial charge is 0.432 e. The first-order valence-electron chi connectivity index (χ1n) is 13.6. The van der Waals surface area contributed by atoms with Gasteiger partial charge in [0.05, 0.1) is 0 Å². The number of nitrogens with zero attached hydrogens (tertiary/aromatic N) is 2. The lowest BCUT2D eigenvalue weighted by atomic mass is 10.00. The molecule has 5 aromatic rings. The maximum Gasteiger partial charge on any atom is 0.432 e. The van der Waals surface area contributed by atoms with Gasteiger partial charge in [-0.3, -0.25) is 0 Å². The van der Waals surface area contributed by atoms with Crippen LogP contribution in [0.5, 0.6) is 5.75 Å². The molecule has 0 N–H and O–H groups in total. The number of hydrogen-bond donors (Lipinski definition) is 0. The number of hydrogen-bond acceptors (Lipinski definition) is 4. The zero-order valence-electron chi connectivity index (χ0n) is 23.7. The van der Waals surface area contributed by atoms with Gasteiger partial charge in [0, 0.05) is 40.0 Å². The summed E-state index contributed by atoms with van der Waals surface area (Å²) in [5.41, 5.74) is -3.18. The number of thioether (sulfide) groups is 1. The second-order valence-electron chi connectivity index (χ2n) is 9.97. The predicted molar refractivity (Wildman–Crippen MR) is 155 cm³/mol. The molecule has 0 radical (unpaired) electrons. The lowest BCUT2D eigenvalue weighted by molar-refractivity contribution is -0.189. The monoisotopic (exact) mass is 664 g/mol. The Morgan fingerprint density at radius 1 is 0.652 bits per heavy atom. The van der Waals surface area contributed by atoms with Crippen LogP contribution in [0.1, 0.15) is 25.3 Å². The molecular weight excluding hydrogens is 643 g/mol. The highest BCUT2D eigenvalue weighted by atomic mass is 32.2. The highest BCUT2D eigenvalue weighted by Gasteiger charge is 2.41. The fourth-order valence-corrected chi connectivity index (χ4v) is 5.40. The number of aromatic nitrogens is 2. The maximum absolute atomic E-state index is 15.1. The Labute approximate surface area is 261 Å². The zero-order chi connectivity index (χ0) is 33.2. The molecule has 0 fully saturated rings. The summed E-state index contributed by atoms with van der Waals surface area (Å²) in [7, 11) is 0. The fourth-order valence-electron chi connectivity index (χ4n) is 4.47. The quantitative estimate of drug-likeness (QED) is 0.0644. The lowest BCUT2D eigenvalue weighted by Crippen LogP contribution is -2.25. The van der Waals surface area contributed by atoms with Crippen molar-refractivity contribution in [2.24, 2.45) is 0 Å². The average molecular weight is 665 g/mol. The molecule has 3 nitrogen and oxygen atoms in total. The van der Waals surface area contributed by atoms with Crippen molar-refractivity contribution in [3.63, 3.8) is 0 Å². The second kappa shape index (κ2) is 13.5. The summed E-state index contributed by atoms with van der Waals surface area (Å²) in [6.45, 7) is 2.07. The molecular formula is C33H21F9N2OS. The molecule has 0 saturated heterocycles. The summed E-state index contributed by atoms with van der Waals surface area (Å²) in [4.78, 5) is 9.28. The van der Waals surface area contributed by atoms with Crippen molar-refractivity contribution in [2.45, 2.75) is 30.8 Å². The van der Waals surface area contributed by atoms with Gasteiger partial charge in [0.1, 0.15) is 34.6 Å². The van der Waals surface area contributed by atoms with Crippen molar-refractivity contribution < 1.29 is 44.3 Å². The van der Waals surface area contributed by atoms with Crippen molar-refractivity contribution in [3.8, 4) is 39.4 Å². The van der Waals surface area contributed by atoms with Crippen LogP contribution in [0.15, 0.2) is 78.0 Å². The van der Waals surface area contributed by atoms with E-state index in [1.807, 2.05) is 0 Å². The normalized spacial score (nSPS) is 11.6. The summed E-state index contributed by atoms with van der Waals surface area (Å²) >= 11 is 1.58. The number of rotatable bonds is 10. The van der Waals surface area contributed by atoms with Gasteiger partial charge in [-0.2, -0.15) is 8.78 Å². The Morgan fingerprint density at radius 2 is 1.17 bits per heavy atom. The minimum absolute atomic E-state index is 0.205. The second-order valence-corrected chi connectivity index (χ2v) is 11.1. The van der Waals surface area contributed by atoms with E-state index in [1.54, 1.807) is 24.2 Å². The molecule has 1 aromatic heterocycles. The van der Waals surface area contributed by atoms with Gasteiger partial charge < -0.3 is 4.74 Å². The Bertz CT molecular complexity index is 1860. The van der Waals surface area contributed by atoms with Crippen LogP contribution in [0.3, 0.4) is 0 Å². The van der Waals surface area contributed by atoms with Gasteiger partial charge in [-0.1, -0.05) is 25.5 Å². The van der Waals surface area contributed by atoms with Crippen LogP contribution < -0.4 is 4.74 Å². The molecule has 0 bridgehead atoms.